The molecule has 144 valence electrons. The lowest BCUT2D eigenvalue weighted by atomic mass is 9.87. The van der Waals surface area contributed by atoms with Crippen molar-refractivity contribution in [2.45, 2.75) is 45.7 Å². The van der Waals surface area contributed by atoms with E-state index in [1.165, 1.54) is 16.7 Å². The highest BCUT2D eigenvalue weighted by molar-refractivity contribution is 6.33. The van der Waals surface area contributed by atoms with Crippen LogP contribution in [0.1, 0.15) is 57.2 Å². The number of amides is 1. The van der Waals surface area contributed by atoms with Gasteiger partial charge in [0.2, 0.25) is 0 Å². The fraction of sp³-hybridized carbons (Fsp3) is 0.304. The lowest BCUT2D eigenvalue weighted by Gasteiger charge is -2.26. The molecule has 0 fully saturated rings. The Balaban J connectivity index is 1.55. The predicted octanol–water partition coefficient (Wildman–Crippen LogP) is 5.01. The Morgan fingerprint density at radius 2 is 1.93 bits per heavy atom. The van der Waals surface area contributed by atoms with Gasteiger partial charge in [-0.1, -0.05) is 65.7 Å². The van der Waals surface area contributed by atoms with Crippen LogP contribution < -0.4 is 5.32 Å². The lowest BCUT2D eigenvalue weighted by Crippen LogP contribution is -2.31. The van der Waals surface area contributed by atoms with Crippen LogP contribution in [-0.4, -0.2) is 15.7 Å². The molecule has 1 aromatic heterocycles. The number of hydrogen-bond donors (Lipinski definition) is 1. The van der Waals surface area contributed by atoms with Crippen LogP contribution >= 0.6 is 11.6 Å². The quantitative estimate of drug-likeness (QED) is 0.677. The van der Waals surface area contributed by atoms with Gasteiger partial charge in [-0.3, -0.25) is 4.79 Å². The Bertz CT molecular complexity index is 1010. The molecule has 0 radical (unpaired) electrons. The van der Waals surface area contributed by atoms with Crippen molar-refractivity contribution in [3.63, 3.8) is 0 Å². The summed E-state index contributed by atoms with van der Waals surface area (Å²) in [6.07, 6.45) is 3.08. The zero-order chi connectivity index (χ0) is 19.7. The van der Waals surface area contributed by atoms with E-state index in [2.05, 4.69) is 59.8 Å². The first-order chi connectivity index (χ1) is 13.5. The highest BCUT2D eigenvalue weighted by Gasteiger charge is 2.26. The highest BCUT2D eigenvalue weighted by Crippen LogP contribution is 2.30. The summed E-state index contributed by atoms with van der Waals surface area (Å²) in [6.45, 7) is 4.43. The number of aryl methyl sites for hydroxylation is 3. The Hall–Kier alpha value is -2.59. The van der Waals surface area contributed by atoms with E-state index in [0.29, 0.717) is 23.0 Å². The maximum atomic E-state index is 13.0. The van der Waals surface area contributed by atoms with Gasteiger partial charge in [0.25, 0.3) is 5.91 Å². The summed E-state index contributed by atoms with van der Waals surface area (Å²) in [5.41, 5.74) is 5.96. The summed E-state index contributed by atoms with van der Waals surface area (Å²) in [4.78, 5) is 13.0. The summed E-state index contributed by atoms with van der Waals surface area (Å²) >= 11 is 6.56. The number of hydrogen-bond acceptors (Lipinski definition) is 2. The topological polar surface area (TPSA) is 46.9 Å². The van der Waals surface area contributed by atoms with E-state index in [4.69, 9.17) is 11.6 Å². The summed E-state index contributed by atoms with van der Waals surface area (Å²) in [5, 5.41) is 8.08. The molecular formula is C23H24ClN3O. The van der Waals surface area contributed by atoms with Crippen molar-refractivity contribution in [1.29, 1.82) is 0 Å². The molecule has 0 spiro atoms. The van der Waals surface area contributed by atoms with Crippen LogP contribution in [-0.2, 0) is 13.0 Å². The van der Waals surface area contributed by atoms with Crippen molar-refractivity contribution >= 4 is 17.5 Å². The van der Waals surface area contributed by atoms with E-state index in [1.807, 2.05) is 13.0 Å². The second-order valence-electron chi connectivity index (χ2n) is 7.51. The van der Waals surface area contributed by atoms with E-state index >= 15 is 0 Å². The zero-order valence-corrected chi connectivity index (χ0v) is 17.0. The highest BCUT2D eigenvalue weighted by atomic mass is 35.5. The van der Waals surface area contributed by atoms with Crippen LogP contribution in [0.5, 0.6) is 0 Å². The molecule has 1 N–H and O–H groups in total. The molecule has 3 aromatic rings. The fourth-order valence-corrected chi connectivity index (χ4v) is 4.24. The molecule has 1 amide bonds. The standard InChI is InChI=1S/C23H24ClN3O/c1-15-10-12-17(13-11-15)14-27-22(24)21(16(2)26-27)23(28)25-20-9-5-7-18-6-3-4-8-19(18)20/h3-4,6,8,10-13,20H,5,7,9,14H2,1-2H3,(H,25,28)/t20-/m1/s1. The fourth-order valence-electron chi connectivity index (χ4n) is 3.92. The third-order valence-electron chi connectivity index (χ3n) is 5.42. The van der Waals surface area contributed by atoms with E-state index in [0.717, 1.165) is 24.8 Å². The van der Waals surface area contributed by atoms with Gasteiger partial charge in [-0.25, -0.2) is 4.68 Å². The first kappa shape index (κ1) is 18.8. The van der Waals surface area contributed by atoms with E-state index in [-0.39, 0.29) is 11.9 Å². The normalized spacial score (nSPS) is 15.9. The average Bonchev–Trinajstić information content (AvgIpc) is 2.97. The summed E-state index contributed by atoms with van der Waals surface area (Å²) in [7, 11) is 0. The number of nitrogens with one attached hydrogen (secondary N) is 1. The van der Waals surface area contributed by atoms with Gasteiger partial charge >= 0.3 is 0 Å². The first-order valence-corrected chi connectivity index (χ1v) is 10.1. The van der Waals surface area contributed by atoms with Crippen molar-refractivity contribution in [1.82, 2.24) is 15.1 Å². The number of fused-ring (bicyclic) bond motifs is 1. The van der Waals surface area contributed by atoms with Crippen molar-refractivity contribution in [2.75, 3.05) is 0 Å². The van der Waals surface area contributed by atoms with E-state index in [9.17, 15) is 4.79 Å². The molecule has 1 aliphatic rings. The monoisotopic (exact) mass is 393 g/mol. The Kier molecular flexibility index (Phi) is 5.23. The van der Waals surface area contributed by atoms with Crippen LogP contribution in [0, 0.1) is 13.8 Å². The molecule has 4 nitrogen and oxygen atoms in total. The molecule has 5 heteroatoms. The molecule has 0 aliphatic heterocycles. The molecule has 1 heterocycles. The molecule has 4 rings (SSSR count). The van der Waals surface area contributed by atoms with Gasteiger partial charge in [-0.05, 0) is 49.8 Å². The summed E-state index contributed by atoms with van der Waals surface area (Å²) < 4.78 is 1.70. The van der Waals surface area contributed by atoms with Crippen LogP contribution in [0.3, 0.4) is 0 Å². The zero-order valence-electron chi connectivity index (χ0n) is 16.2. The maximum Gasteiger partial charge on any atom is 0.256 e. The molecule has 0 saturated heterocycles. The van der Waals surface area contributed by atoms with Gasteiger partial charge in [-0.2, -0.15) is 5.10 Å². The third-order valence-corrected chi connectivity index (χ3v) is 5.80. The van der Waals surface area contributed by atoms with Crippen molar-refractivity contribution in [3.8, 4) is 0 Å². The van der Waals surface area contributed by atoms with Gasteiger partial charge < -0.3 is 5.32 Å². The van der Waals surface area contributed by atoms with E-state index in [1.54, 1.807) is 4.68 Å². The van der Waals surface area contributed by atoms with Gasteiger partial charge in [0, 0.05) is 0 Å². The van der Waals surface area contributed by atoms with Crippen molar-refractivity contribution in [2.24, 2.45) is 0 Å². The third kappa shape index (κ3) is 3.69. The Morgan fingerprint density at radius 1 is 1.18 bits per heavy atom. The largest absolute Gasteiger partial charge is 0.345 e. The second kappa shape index (κ2) is 7.80. The number of benzene rings is 2. The average molecular weight is 394 g/mol. The molecule has 0 saturated carbocycles. The molecule has 2 aromatic carbocycles. The predicted molar refractivity (Wildman–Crippen MR) is 112 cm³/mol. The SMILES string of the molecule is Cc1ccc(Cn2nc(C)c(C(=O)N[C@@H]3CCCc4ccccc43)c2Cl)cc1. The van der Waals surface area contributed by atoms with Crippen LogP contribution in [0.25, 0.3) is 0 Å². The smallest absolute Gasteiger partial charge is 0.256 e. The van der Waals surface area contributed by atoms with Crippen LogP contribution in [0.2, 0.25) is 5.15 Å². The van der Waals surface area contributed by atoms with Crippen molar-refractivity contribution in [3.05, 3.63) is 87.2 Å². The first-order valence-electron chi connectivity index (χ1n) is 9.70. The number of carbonyl (C=O) groups is 1. The van der Waals surface area contributed by atoms with Gasteiger partial charge in [0.1, 0.15) is 5.15 Å². The molecule has 0 unspecified atom stereocenters. The van der Waals surface area contributed by atoms with Gasteiger partial charge in [0.05, 0.1) is 23.8 Å². The van der Waals surface area contributed by atoms with Crippen molar-refractivity contribution < 1.29 is 4.79 Å². The lowest BCUT2D eigenvalue weighted by molar-refractivity contribution is 0.0932. The summed E-state index contributed by atoms with van der Waals surface area (Å²) in [5.74, 6) is -0.153. The maximum absolute atomic E-state index is 13.0. The molecular weight excluding hydrogens is 370 g/mol. The Morgan fingerprint density at radius 3 is 2.71 bits per heavy atom. The van der Waals surface area contributed by atoms with Crippen LogP contribution in [0.15, 0.2) is 48.5 Å². The minimum atomic E-state index is -0.153. The molecule has 1 aliphatic carbocycles. The molecule has 1 atom stereocenters. The minimum Gasteiger partial charge on any atom is -0.345 e. The molecule has 0 bridgehead atoms. The number of carbonyl (C=O) groups excluding carboxylic acids is 1. The number of aromatic nitrogens is 2. The number of nitrogens with zero attached hydrogens (tertiary/aromatic N) is 2. The Labute approximate surface area is 170 Å². The minimum absolute atomic E-state index is 0.0216. The van der Waals surface area contributed by atoms with Crippen LogP contribution in [0.4, 0.5) is 0 Å². The summed E-state index contributed by atoms with van der Waals surface area (Å²) in [6, 6.07) is 16.6. The van der Waals surface area contributed by atoms with E-state index < -0.39 is 0 Å². The number of halogens is 1. The second-order valence-corrected chi connectivity index (χ2v) is 7.87. The number of rotatable bonds is 4. The van der Waals surface area contributed by atoms with Gasteiger partial charge in [-0.15, -0.1) is 0 Å². The molecule has 28 heavy (non-hydrogen) atoms. The van der Waals surface area contributed by atoms with Gasteiger partial charge in [0.15, 0.2) is 0 Å².